The summed E-state index contributed by atoms with van der Waals surface area (Å²) in [6, 6.07) is 4.70. The van der Waals surface area contributed by atoms with Crippen molar-refractivity contribution in [2.75, 3.05) is 11.4 Å². The zero-order valence-electron chi connectivity index (χ0n) is 7.92. The van der Waals surface area contributed by atoms with Gasteiger partial charge in [-0.3, -0.25) is 0 Å². The monoisotopic (exact) mass is 246 g/mol. The molecule has 0 bridgehead atoms. The van der Waals surface area contributed by atoms with Gasteiger partial charge in [-0.15, -0.1) is 0 Å². The summed E-state index contributed by atoms with van der Waals surface area (Å²) in [5.74, 6) is 0. The first-order valence-corrected chi connectivity index (χ1v) is 4.84. The number of benzene rings is 1. The highest BCUT2D eigenvalue weighted by Gasteiger charge is 2.38. The van der Waals surface area contributed by atoms with Gasteiger partial charge in [0, 0.05) is 0 Å². The van der Waals surface area contributed by atoms with Crippen molar-refractivity contribution in [3.63, 3.8) is 0 Å². The van der Waals surface area contributed by atoms with Gasteiger partial charge in [-0.05, 0) is 18.2 Å². The highest BCUT2D eigenvalue weighted by atomic mass is 35.5. The smallest absolute Gasteiger partial charge is 0.350 e. The Hall–Kier alpha value is -1.41. The fourth-order valence-corrected chi connectivity index (χ4v) is 1.65. The molecule has 6 heteroatoms. The Morgan fingerprint density at radius 2 is 2.12 bits per heavy atom. The average Bonchev–Trinajstić information content (AvgIpc) is 2.95. The van der Waals surface area contributed by atoms with Gasteiger partial charge in [-0.2, -0.15) is 18.4 Å². The predicted octanol–water partition coefficient (Wildman–Crippen LogP) is 3.07. The molecule has 0 aliphatic carbocycles. The number of anilines is 1. The van der Waals surface area contributed by atoms with Crippen molar-refractivity contribution in [1.82, 2.24) is 0 Å². The van der Waals surface area contributed by atoms with E-state index in [4.69, 9.17) is 16.9 Å². The lowest BCUT2D eigenvalue weighted by Crippen LogP contribution is -2.06. The van der Waals surface area contributed by atoms with E-state index in [1.807, 2.05) is 6.07 Å². The molecule has 1 unspecified atom stereocenters. The summed E-state index contributed by atoms with van der Waals surface area (Å²) in [7, 11) is 0. The largest absolute Gasteiger partial charge is 0.416 e. The van der Waals surface area contributed by atoms with Crippen LogP contribution in [0.1, 0.15) is 5.56 Å². The third kappa shape index (κ3) is 1.93. The molecule has 0 amide bonds. The maximum atomic E-state index is 12.4. The topological polar surface area (TPSA) is 26.8 Å². The first-order chi connectivity index (χ1) is 7.43. The Kier molecular flexibility index (Phi) is 2.47. The lowest BCUT2D eigenvalue weighted by atomic mass is 10.2. The summed E-state index contributed by atoms with van der Waals surface area (Å²) >= 11 is 5.79. The molecule has 0 aromatic heterocycles. The molecule has 0 N–H and O–H groups in total. The van der Waals surface area contributed by atoms with E-state index in [-0.39, 0.29) is 16.8 Å². The molecule has 1 saturated heterocycles. The maximum absolute atomic E-state index is 12.4. The molecule has 1 heterocycles. The molecule has 1 aliphatic heterocycles. The van der Waals surface area contributed by atoms with E-state index in [1.165, 1.54) is 11.0 Å². The maximum Gasteiger partial charge on any atom is 0.416 e. The third-order valence-corrected chi connectivity index (χ3v) is 2.66. The van der Waals surface area contributed by atoms with E-state index < -0.39 is 11.7 Å². The second kappa shape index (κ2) is 3.56. The minimum Gasteiger partial charge on any atom is -0.350 e. The summed E-state index contributed by atoms with van der Waals surface area (Å²) in [6.07, 6.45) is -4.39. The second-order valence-corrected chi connectivity index (χ2v) is 3.87. The van der Waals surface area contributed by atoms with Crippen molar-refractivity contribution in [2.24, 2.45) is 0 Å². The van der Waals surface area contributed by atoms with Crippen molar-refractivity contribution in [3.05, 3.63) is 28.8 Å². The number of nitriles is 1. The van der Waals surface area contributed by atoms with Gasteiger partial charge in [0.25, 0.3) is 0 Å². The first-order valence-electron chi connectivity index (χ1n) is 4.46. The standard InChI is InChI=1S/C10H6ClF3N2/c11-8-2-1-6(10(12,13)14)3-9(8)16-5-7(16)4-15/h1-3,7H,5H2. The van der Waals surface area contributed by atoms with Crippen LogP contribution in [0, 0.1) is 11.3 Å². The number of nitrogens with zero attached hydrogens (tertiary/aromatic N) is 2. The zero-order chi connectivity index (χ0) is 11.9. The van der Waals surface area contributed by atoms with Gasteiger partial charge < -0.3 is 4.90 Å². The van der Waals surface area contributed by atoms with Crippen LogP contribution < -0.4 is 4.90 Å². The summed E-state index contributed by atoms with van der Waals surface area (Å²) < 4.78 is 37.3. The van der Waals surface area contributed by atoms with Crippen LogP contribution in [-0.4, -0.2) is 12.6 Å². The Balaban J connectivity index is 2.36. The molecule has 1 aliphatic rings. The molecule has 0 spiro atoms. The van der Waals surface area contributed by atoms with E-state index in [0.717, 1.165) is 12.1 Å². The van der Waals surface area contributed by atoms with Crippen LogP contribution >= 0.6 is 11.6 Å². The minimum absolute atomic E-state index is 0.228. The van der Waals surface area contributed by atoms with Crippen LogP contribution in [0.15, 0.2) is 18.2 Å². The number of hydrogen-bond acceptors (Lipinski definition) is 2. The van der Waals surface area contributed by atoms with E-state index in [9.17, 15) is 13.2 Å². The molecule has 1 fully saturated rings. The van der Waals surface area contributed by atoms with Crippen LogP contribution in [0.4, 0.5) is 18.9 Å². The molecule has 1 atom stereocenters. The molecule has 2 rings (SSSR count). The van der Waals surface area contributed by atoms with E-state index in [0.29, 0.717) is 6.54 Å². The molecule has 1 aromatic rings. The van der Waals surface area contributed by atoms with Crippen molar-refractivity contribution in [1.29, 1.82) is 5.26 Å². The summed E-state index contributed by atoms with van der Waals surface area (Å²) in [5.41, 5.74) is -0.487. The Morgan fingerprint density at radius 1 is 1.44 bits per heavy atom. The molecule has 16 heavy (non-hydrogen) atoms. The lowest BCUT2D eigenvalue weighted by molar-refractivity contribution is -0.137. The number of rotatable bonds is 1. The Bertz CT molecular complexity index is 464. The van der Waals surface area contributed by atoms with Gasteiger partial charge in [0.05, 0.1) is 28.9 Å². The Morgan fingerprint density at radius 3 is 2.62 bits per heavy atom. The second-order valence-electron chi connectivity index (χ2n) is 3.46. The zero-order valence-corrected chi connectivity index (χ0v) is 8.68. The number of hydrogen-bond donors (Lipinski definition) is 0. The molecular weight excluding hydrogens is 241 g/mol. The fourth-order valence-electron chi connectivity index (χ4n) is 1.43. The van der Waals surface area contributed by atoms with Gasteiger partial charge in [0.15, 0.2) is 0 Å². The van der Waals surface area contributed by atoms with Crippen molar-refractivity contribution in [3.8, 4) is 6.07 Å². The Labute approximate surface area is 94.8 Å². The average molecular weight is 247 g/mol. The number of halogens is 4. The van der Waals surface area contributed by atoms with Gasteiger partial charge >= 0.3 is 6.18 Å². The third-order valence-electron chi connectivity index (χ3n) is 2.34. The quantitative estimate of drug-likeness (QED) is 0.712. The molecule has 0 radical (unpaired) electrons. The van der Waals surface area contributed by atoms with Crippen LogP contribution in [0.5, 0.6) is 0 Å². The summed E-state index contributed by atoms with van der Waals surface area (Å²) in [5, 5.41) is 8.83. The highest BCUT2D eigenvalue weighted by molar-refractivity contribution is 6.33. The van der Waals surface area contributed by atoms with Crippen LogP contribution in [-0.2, 0) is 6.18 Å². The van der Waals surface area contributed by atoms with Crippen LogP contribution in [0.3, 0.4) is 0 Å². The molecule has 2 nitrogen and oxygen atoms in total. The van der Waals surface area contributed by atoms with Gasteiger partial charge in [-0.25, -0.2) is 0 Å². The van der Waals surface area contributed by atoms with Gasteiger partial charge in [-0.1, -0.05) is 11.6 Å². The fraction of sp³-hybridized carbons (Fsp3) is 0.300. The molecule has 1 aromatic carbocycles. The SMILES string of the molecule is N#CC1CN1c1cc(C(F)(F)F)ccc1Cl. The van der Waals surface area contributed by atoms with E-state index >= 15 is 0 Å². The van der Waals surface area contributed by atoms with E-state index in [1.54, 1.807) is 0 Å². The summed E-state index contributed by atoms with van der Waals surface area (Å²) in [4.78, 5) is 1.53. The van der Waals surface area contributed by atoms with Crippen LogP contribution in [0.2, 0.25) is 5.02 Å². The predicted molar refractivity (Wildman–Crippen MR) is 53.2 cm³/mol. The lowest BCUT2D eigenvalue weighted by Gasteiger charge is -2.11. The van der Waals surface area contributed by atoms with Crippen molar-refractivity contribution < 1.29 is 13.2 Å². The summed E-state index contributed by atoms with van der Waals surface area (Å²) in [6.45, 7) is 0.428. The van der Waals surface area contributed by atoms with E-state index in [2.05, 4.69) is 0 Å². The van der Waals surface area contributed by atoms with Gasteiger partial charge in [0.1, 0.15) is 6.04 Å². The number of alkyl halides is 3. The minimum atomic E-state index is -4.39. The van der Waals surface area contributed by atoms with Crippen LogP contribution in [0.25, 0.3) is 0 Å². The van der Waals surface area contributed by atoms with Crippen molar-refractivity contribution >= 4 is 17.3 Å². The first kappa shape index (κ1) is 11.1. The molecule has 0 saturated carbocycles. The van der Waals surface area contributed by atoms with Crippen molar-refractivity contribution in [2.45, 2.75) is 12.2 Å². The highest BCUT2D eigenvalue weighted by Crippen LogP contribution is 2.38. The molecular formula is C10H6ClF3N2. The molecule has 84 valence electrons. The normalized spacial score (nSPS) is 19.4. The van der Waals surface area contributed by atoms with Gasteiger partial charge in [0.2, 0.25) is 0 Å².